The number of hydrogen-bond donors (Lipinski definition) is 1. The Bertz CT molecular complexity index is 769. The summed E-state index contributed by atoms with van der Waals surface area (Å²) in [5.41, 5.74) is 1.19. The van der Waals surface area contributed by atoms with Gasteiger partial charge >= 0.3 is 0 Å². The van der Waals surface area contributed by atoms with Crippen LogP contribution in [0.3, 0.4) is 0 Å². The van der Waals surface area contributed by atoms with Crippen LogP contribution in [-0.4, -0.2) is 31.0 Å². The molecule has 0 bridgehead atoms. The van der Waals surface area contributed by atoms with Crippen LogP contribution in [-0.2, 0) is 0 Å². The molecule has 0 atom stereocenters. The van der Waals surface area contributed by atoms with E-state index in [0.717, 1.165) is 22.9 Å². The summed E-state index contributed by atoms with van der Waals surface area (Å²) in [4.78, 5) is 20.5. The smallest absolute Gasteiger partial charge is 0.263 e. The lowest BCUT2D eigenvalue weighted by Crippen LogP contribution is -2.27. The van der Waals surface area contributed by atoms with Crippen molar-refractivity contribution in [1.82, 2.24) is 10.3 Å². The first-order valence-corrected chi connectivity index (χ1v) is 9.48. The molecule has 0 radical (unpaired) electrons. The molecule has 4 nitrogen and oxygen atoms in total. The molecule has 24 heavy (non-hydrogen) atoms. The number of thiophene rings is 1. The molecule has 0 aliphatic rings. The van der Waals surface area contributed by atoms with Crippen molar-refractivity contribution in [2.24, 2.45) is 0 Å². The van der Waals surface area contributed by atoms with Crippen molar-refractivity contribution in [3.63, 3.8) is 0 Å². The molecule has 0 saturated heterocycles. The van der Waals surface area contributed by atoms with Gasteiger partial charge in [-0.3, -0.25) is 4.79 Å². The molecular formula is C18H19N3OS2. The number of rotatable bonds is 7. The summed E-state index contributed by atoms with van der Waals surface area (Å²) in [6.45, 7) is 1.55. The number of aromatic nitrogens is 1. The summed E-state index contributed by atoms with van der Waals surface area (Å²) in [5, 5.41) is 5.89. The van der Waals surface area contributed by atoms with E-state index in [1.807, 2.05) is 35.7 Å². The normalized spacial score (nSPS) is 10.5. The average molecular weight is 358 g/mol. The van der Waals surface area contributed by atoms with Crippen LogP contribution in [0.5, 0.6) is 0 Å². The minimum absolute atomic E-state index is 0.0438. The lowest BCUT2D eigenvalue weighted by Gasteiger charge is -2.19. The van der Waals surface area contributed by atoms with Crippen LogP contribution in [0, 0.1) is 0 Å². The van der Waals surface area contributed by atoms with E-state index in [1.165, 1.54) is 17.0 Å². The largest absolute Gasteiger partial charge is 0.375 e. The number of nitrogens with one attached hydrogen (secondary N) is 1. The number of amides is 1. The fraction of sp³-hybridized carbons (Fsp3) is 0.222. The van der Waals surface area contributed by atoms with Crippen LogP contribution >= 0.6 is 22.7 Å². The minimum Gasteiger partial charge on any atom is -0.375 e. The fourth-order valence-electron chi connectivity index (χ4n) is 2.31. The summed E-state index contributed by atoms with van der Waals surface area (Å²) in [6.07, 6.45) is 2.55. The Morgan fingerprint density at radius 1 is 1.21 bits per heavy atom. The third-order valence-electron chi connectivity index (χ3n) is 3.61. The molecule has 1 amide bonds. The first-order chi connectivity index (χ1) is 11.7. The van der Waals surface area contributed by atoms with Gasteiger partial charge in [0.15, 0.2) is 0 Å². The highest BCUT2D eigenvalue weighted by molar-refractivity contribution is 7.21. The van der Waals surface area contributed by atoms with Crippen LogP contribution in [0.25, 0.3) is 9.88 Å². The molecule has 0 aliphatic heterocycles. The third kappa shape index (κ3) is 4.21. The Kier molecular flexibility index (Phi) is 5.61. The summed E-state index contributed by atoms with van der Waals surface area (Å²) in [7, 11) is 2.06. The van der Waals surface area contributed by atoms with Gasteiger partial charge in [0.25, 0.3) is 5.91 Å². The van der Waals surface area contributed by atoms with Gasteiger partial charge in [-0.15, -0.1) is 22.7 Å². The standard InChI is InChI=1S/C18H19N3OS2/c1-21(14-7-3-2-4-8-14)11-6-10-19-17(22)16-13-20-18(24-16)15-9-5-12-23-15/h2-5,7-9,12-13H,6,10-11H2,1H3,(H,19,22). The zero-order valence-electron chi connectivity index (χ0n) is 13.4. The zero-order valence-corrected chi connectivity index (χ0v) is 15.1. The number of thiazole rings is 1. The second-order valence-corrected chi connectivity index (χ2v) is 7.35. The van der Waals surface area contributed by atoms with E-state index in [1.54, 1.807) is 17.5 Å². The topological polar surface area (TPSA) is 45.2 Å². The van der Waals surface area contributed by atoms with Crippen molar-refractivity contribution < 1.29 is 4.79 Å². The number of anilines is 1. The van der Waals surface area contributed by atoms with E-state index in [-0.39, 0.29) is 5.91 Å². The van der Waals surface area contributed by atoms with Crippen molar-refractivity contribution in [3.05, 3.63) is 58.9 Å². The van der Waals surface area contributed by atoms with E-state index in [4.69, 9.17) is 0 Å². The zero-order chi connectivity index (χ0) is 16.8. The summed E-state index contributed by atoms with van der Waals surface area (Å²) in [6, 6.07) is 14.3. The second kappa shape index (κ2) is 8.08. The van der Waals surface area contributed by atoms with Crippen LogP contribution < -0.4 is 10.2 Å². The maximum atomic E-state index is 12.2. The predicted molar refractivity (Wildman–Crippen MR) is 102 cm³/mol. The van der Waals surface area contributed by atoms with Gasteiger partial charge in [0, 0.05) is 25.8 Å². The van der Waals surface area contributed by atoms with Crippen LogP contribution in [0.2, 0.25) is 0 Å². The number of benzene rings is 1. The quantitative estimate of drug-likeness (QED) is 0.647. The number of carbonyl (C=O) groups excluding carboxylic acids is 1. The lowest BCUT2D eigenvalue weighted by molar-refractivity contribution is 0.0957. The molecule has 124 valence electrons. The van der Waals surface area contributed by atoms with E-state index < -0.39 is 0 Å². The molecule has 0 saturated carbocycles. The Morgan fingerprint density at radius 3 is 2.79 bits per heavy atom. The molecule has 1 aromatic carbocycles. The number of carbonyl (C=O) groups is 1. The maximum absolute atomic E-state index is 12.2. The maximum Gasteiger partial charge on any atom is 0.263 e. The highest BCUT2D eigenvalue weighted by Gasteiger charge is 2.11. The van der Waals surface area contributed by atoms with Crippen molar-refractivity contribution >= 4 is 34.3 Å². The third-order valence-corrected chi connectivity index (χ3v) is 5.65. The van der Waals surface area contributed by atoms with Crippen molar-refractivity contribution in [3.8, 4) is 9.88 Å². The van der Waals surface area contributed by atoms with E-state index in [9.17, 15) is 4.79 Å². The van der Waals surface area contributed by atoms with Crippen LogP contribution in [0.15, 0.2) is 54.0 Å². The van der Waals surface area contributed by atoms with Crippen LogP contribution in [0.1, 0.15) is 16.1 Å². The predicted octanol–water partition coefficient (Wildman–Crippen LogP) is 4.13. The van der Waals surface area contributed by atoms with E-state index >= 15 is 0 Å². The van der Waals surface area contributed by atoms with Crippen molar-refractivity contribution in [1.29, 1.82) is 0 Å². The van der Waals surface area contributed by atoms with Gasteiger partial charge in [-0.2, -0.15) is 0 Å². The highest BCUT2D eigenvalue weighted by atomic mass is 32.1. The van der Waals surface area contributed by atoms with Gasteiger partial charge < -0.3 is 10.2 Å². The molecule has 0 spiro atoms. The fourth-order valence-corrected chi connectivity index (χ4v) is 3.95. The van der Waals surface area contributed by atoms with E-state index in [2.05, 4.69) is 34.4 Å². The highest BCUT2D eigenvalue weighted by Crippen LogP contribution is 2.28. The Hall–Kier alpha value is -2.18. The first kappa shape index (κ1) is 16.7. The van der Waals surface area contributed by atoms with Gasteiger partial charge in [0.2, 0.25) is 0 Å². The molecule has 2 heterocycles. The Balaban J connectivity index is 1.44. The van der Waals surface area contributed by atoms with Gasteiger partial charge in [0.1, 0.15) is 9.88 Å². The number of nitrogens with zero attached hydrogens (tertiary/aromatic N) is 2. The molecular weight excluding hydrogens is 338 g/mol. The van der Waals surface area contributed by atoms with Crippen molar-refractivity contribution in [2.45, 2.75) is 6.42 Å². The monoisotopic (exact) mass is 357 g/mol. The molecule has 0 fully saturated rings. The number of para-hydroxylation sites is 1. The molecule has 3 rings (SSSR count). The van der Waals surface area contributed by atoms with Gasteiger partial charge in [-0.1, -0.05) is 24.3 Å². The van der Waals surface area contributed by atoms with Crippen LogP contribution in [0.4, 0.5) is 5.69 Å². The summed E-state index contributed by atoms with van der Waals surface area (Å²) < 4.78 is 0. The summed E-state index contributed by atoms with van der Waals surface area (Å²) in [5.74, 6) is -0.0438. The minimum atomic E-state index is -0.0438. The Morgan fingerprint density at radius 2 is 2.04 bits per heavy atom. The molecule has 1 N–H and O–H groups in total. The van der Waals surface area contributed by atoms with E-state index in [0.29, 0.717) is 11.4 Å². The van der Waals surface area contributed by atoms with Gasteiger partial charge in [-0.05, 0) is 30.0 Å². The molecule has 0 unspecified atom stereocenters. The molecule has 2 aromatic heterocycles. The Labute approximate surface area is 149 Å². The lowest BCUT2D eigenvalue weighted by atomic mass is 10.3. The molecule has 0 aliphatic carbocycles. The van der Waals surface area contributed by atoms with Gasteiger partial charge in [-0.25, -0.2) is 4.98 Å². The summed E-state index contributed by atoms with van der Waals surface area (Å²) >= 11 is 3.07. The first-order valence-electron chi connectivity index (χ1n) is 7.78. The average Bonchev–Trinajstić information content (AvgIpc) is 3.30. The molecule has 6 heteroatoms. The molecule has 3 aromatic rings. The van der Waals surface area contributed by atoms with Crippen molar-refractivity contribution in [2.75, 3.05) is 25.0 Å². The second-order valence-electron chi connectivity index (χ2n) is 5.37. The van der Waals surface area contributed by atoms with Gasteiger partial charge in [0.05, 0.1) is 11.1 Å². The number of hydrogen-bond acceptors (Lipinski definition) is 5. The SMILES string of the molecule is CN(CCCNC(=O)c1cnc(-c2cccs2)s1)c1ccccc1.